The average Bonchev–Trinajstić information content (AvgIpc) is 2.27. The minimum absolute atomic E-state index is 0.660. The van der Waals surface area contributed by atoms with Crippen LogP contribution in [-0.2, 0) is 4.79 Å². The average molecular weight is 238 g/mol. The zero-order valence-electron chi connectivity index (χ0n) is 9.05. The van der Waals surface area contributed by atoms with Crippen LogP contribution in [-0.4, -0.2) is 29.7 Å². The number of aliphatic carboxylic acids is 1. The number of carboxylic acid groups (broad SMARTS) is 1. The lowest BCUT2D eigenvalue weighted by atomic mass is 10.2. The maximum absolute atomic E-state index is 10.3. The summed E-state index contributed by atoms with van der Waals surface area (Å²) in [6.45, 7) is 0.660. The van der Waals surface area contributed by atoms with E-state index < -0.39 is 5.97 Å². The molecule has 0 heterocycles. The van der Waals surface area contributed by atoms with Gasteiger partial charge in [0.15, 0.2) is 0 Å². The zero-order valence-corrected chi connectivity index (χ0v) is 9.87. The fraction of sp³-hybridized carbons (Fsp3) is 0.250. The molecule has 0 spiro atoms. The predicted molar refractivity (Wildman–Crippen MR) is 67.0 cm³/mol. The van der Waals surface area contributed by atoms with Crippen LogP contribution in [0, 0.1) is 0 Å². The second kappa shape index (κ2) is 6.95. The molecule has 3 nitrogen and oxygen atoms in total. The van der Waals surface area contributed by atoms with Crippen LogP contribution in [0.4, 0.5) is 0 Å². The van der Waals surface area contributed by atoms with E-state index in [1.54, 1.807) is 17.8 Å². The van der Waals surface area contributed by atoms with E-state index in [-0.39, 0.29) is 0 Å². The molecule has 86 valence electrons. The standard InChI is InChI=1S/C12H14O3S/c1-16-8-7-15-11-4-2-3-10(9-11)5-6-12(13)14/h2-6,9H,7-8H2,1H3,(H,13,14). The van der Waals surface area contributed by atoms with Crippen molar-refractivity contribution < 1.29 is 14.6 Å². The van der Waals surface area contributed by atoms with Gasteiger partial charge in [0, 0.05) is 11.8 Å². The molecule has 0 fully saturated rings. The van der Waals surface area contributed by atoms with Gasteiger partial charge in [0.2, 0.25) is 0 Å². The van der Waals surface area contributed by atoms with Crippen molar-refractivity contribution in [1.82, 2.24) is 0 Å². The Bertz CT molecular complexity index is 374. The van der Waals surface area contributed by atoms with Crippen molar-refractivity contribution in [2.45, 2.75) is 0 Å². The van der Waals surface area contributed by atoms with Crippen LogP contribution in [0.25, 0.3) is 6.08 Å². The molecular weight excluding hydrogens is 224 g/mol. The van der Waals surface area contributed by atoms with Crippen LogP contribution in [0.15, 0.2) is 30.3 Å². The van der Waals surface area contributed by atoms with Crippen molar-refractivity contribution in [3.05, 3.63) is 35.9 Å². The van der Waals surface area contributed by atoms with Crippen LogP contribution in [0.1, 0.15) is 5.56 Å². The van der Waals surface area contributed by atoms with Crippen LogP contribution >= 0.6 is 11.8 Å². The molecule has 16 heavy (non-hydrogen) atoms. The Balaban J connectivity index is 2.60. The molecule has 1 aromatic rings. The Morgan fingerprint density at radius 3 is 3.06 bits per heavy atom. The lowest BCUT2D eigenvalue weighted by Gasteiger charge is -2.05. The summed E-state index contributed by atoms with van der Waals surface area (Å²) in [5.41, 5.74) is 0.823. The number of thioether (sulfide) groups is 1. The van der Waals surface area contributed by atoms with Gasteiger partial charge >= 0.3 is 5.97 Å². The van der Waals surface area contributed by atoms with Crippen molar-refractivity contribution in [3.8, 4) is 5.75 Å². The highest BCUT2D eigenvalue weighted by Gasteiger charge is 1.95. The first-order chi connectivity index (χ1) is 7.72. The second-order valence-corrected chi connectivity index (χ2v) is 4.07. The summed E-state index contributed by atoms with van der Waals surface area (Å²) in [6, 6.07) is 7.36. The molecule has 0 atom stereocenters. The molecule has 0 radical (unpaired) electrons. The van der Waals surface area contributed by atoms with Gasteiger partial charge in [-0.2, -0.15) is 11.8 Å². The molecule has 0 saturated carbocycles. The van der Waals surface area contributed by atoms with Crippen LogP contribution in [0.5, 0.6) is 5.75 Å². The van der Waals surface area contributed by atoms with E-state index in [1.165, 1.54) is 0 Å². The summed E-state index contributed by atoms with van der Waals surface area (Å²) < 4.78 is 5.49. The topological polar surface area (TPSA) is 46.5 Å². The van der Waals surface area contributed by atoms with E-state index in [1.807, 2.05) is 30.5 Å². The molecule has 0 saturated heterocycles. The first kappa shape index (κ1) is 12.6. The highest BCUT2D eigenvalue weighted by atomic mass is 32.2. The Morgan fingerprint density at radius 2 is 2.38 bits per heavy atom. The van der Waals surface area contributed by atoms with E-state index in [0.29, 0.717) is 6.61 Å². The Hall–Kier alpha value is -1.42. The largest absolute Gasteiger partial charge is 0.493 e. The van der Waals surface area contributed by atoms with Gasteiger partial charge in [0.05, 0.1) is 6.61 Å². The van der Waals surface area contributed by atoms with Crippen molar-refractivity contribution in [3.63, 3.8) is 0 Å². The third-order valence-corrected chi connectivity index (χ3v) is 2.41. The number of carbonyl (C=O) groups is 1. The highest BCUT2D eigenvalue weighted by molar-refractivity contribution is 7.98. The molecule has 1 N–H and O–H groups in total. The van der Waals surface area contributed by atoms with Crippen molar-refractivity contribution in [2.24, 2.45) is 0 Å². The molecule has 0 aliphatic heterocycles. The first-order valence-corrected chi connectivity index (χ1v) is 6.24. The van der Waals surface area contributed by atoms with Crippen LogP contribution in [0.2, 0.25) is 0 Å². The Kier molecular flexibility index (Phi) is 5.50. The molecule has 0 aromatic heterocycles. The number of rotatable bonds is 6. The maximum Gasteiger partial charge on any atom is 0.328 e. The van der Waals surface area contributed by atoms with Gasteiger partial charge in [-0.1, -0.05) is 12.1 Å². The molecule has 0 aliphatic rings. The summed E-state index contributed by atoms with van der Waals surface area (Å²) in [7, 11) is 0. The Labute approximate surface area is 99.1 Å². The number of hydrogen-bond acceptors (Lipinski definition) is 3. The van der Waals surface area contributed by atoms with Crippen molar-refractivity contribution in [2.75, 3.05) is 18.6 Å². The maximum atomic E-state index is 10.3. The molecule has 0 aliphatic carbocycles. The van der Waals surface area contributed by atoms with Gasteiger partial charge in [0.25, 0.3) is 0 Å². The molecule has 0 unspecified atom stereocenters. The fourth-order valence-electron chi connectivity index (χ4n) is 1.12. The first-order valence-electron chi connectivity index (χ1n) is 4.85. The van der Waals surface area contributed by atoms with Crippen LogP contribution < -0.4 is 4.74 Å². The third-order valence-electron chi connectivity index (χ3n) is 1.83. The lowest BCUT2D eigenvalue weighted by Crippen LogP contribution is -1.99. The Morgan fingerprint density at radius 1 is 1.56 bits per heavy atom. The minimum atomic E-state index is -0.950. The number of hydrogen-bond donors (Lipinski definition) is 1. The van der Waals surface area contributed by atoms with Crippen molar-refractivity contribution >= 4 is 23.8 Å². The molecule has 1 aromatic carbocycles. The SMILES string of the molecule is CSCCOc1cccc(C=CC(=O)O)c1. The van der Waals surface area contributed by atoms with Gasteiger partial charge in [-0.05, 0) is 30.0 Å². The second-order valence-electron chi connectivity index (χ2n) is 3.09. The molecule has 4 heteroatoms. The summed E-state index contributed by atoms with van der Waals surface area (Å²) in [5.74, 6) is 0.755. The van der Waals surface area contributed by atoms with Gasteiger partial charge in [-0.3, -0.25) is 0 Å². The van der Waals surface area contributed by atoms with Gasteiger partial charge in [0.1, 0.15) is 5.75 Å². The monoisotopic (exact) mass is 238 g/mol. The summed E-state index contributed by atoms with van der Waals surface area (Å²) in [5, 5.41) is 8.50. The van der Waals surface area contributed by atoms with E-state index in [0.717, 1.165) is 23.1 Å². The minimum Gasteiger partial charge on any atom is -0.493 e. The number of benzene rings is 1. The molecule has 0 bridgehead atoms. The molecule has 1 rings (SSSR count). The van der Waals surface area contributed by atoms with Gasteiger partial charge < -0.3 is 9.84 Å². The van der Waals surface area contributed by atoms with Gasteiger partial charge in [-0.15, -0.1) is 0 Å². The third kappa shape index (κ3) is 4.89. The summed E-state index contributed by atoms with van der Waals surface area (Å²) in [4.78, 5) is 10.3. The van der Waals surface area contributed by atoms with Gasteiger partial charge in [-0.25, -0.2) is 4.79 Å². The lowest BCUT2D eigenvalue weighted by molar-refractivity contribution is -0.131. The van der Waals surface area contributed by atoms with E-state index in [2.05, 4.69) is 0 Å². The smallest absolute Gasteiger partial charge is 0.328 e. The van der Waals surface area contributed by atoms with E-state index in [4.69, 9.17) is 9.84 Å². The summed E-state index contributed by atoms with van der Waals surface area (Å²) >= 11 is 1.72. The highest BCUT2D eigenvalue weighted by Crippen LogP contribution is 2.14. The summed E-state index contributed by atoms with van der Waals surface area (Å²) in [6.07, 6.45) is 4.68. The quantitative estimate of drug-likeness (QED) is 0.611. The van der Waals surface area contributed by atoms with Crippen LogP contribution in [0.3, 0.4) is 0 Å². The predicted octanol–water partition coefficient (Wildman–Crippen LogP) is 2.53. The molecule has 0 amide bonds. The normalized spacial score (nSPS) is 10.6. The van der Waals surface area contributed by atoms with E-state index >= 15 is 0 Å². The fourth-order valence-corrected chi connectivity index (χ4v) is 1.37. The zero-order chi connectivity index (χ0) is 11.8. The van der Waals surface area contributed by atoms with E-state index in [9.17, 15) is 4.79 Å². The number of ether oxygens (including phenoxy) is 1. The molecular formula is C12H14O3S. The van der Waals surface area contributed by atoms with Crippen molar-refractivity contribution in [1.29, 1.82) is 0 Å². The number of carboxylic acids is 1.